The molecule has 0 aliphatic heterocycles. The Bertz CT molecular complexity index is 1170. The van der Waals surface area contributed by atoms with Crippen LogP contribution in [0.5, 0.6) is 0 Å². The zero-order valence-corrected chi connectivity index (χ0v) is 16.1. The molecule has 0 fully saturated rings. The van der Waals surface area contributed by atoms with Crippen LogP contribution in [0.3, 0.4) is 0 Å². The van der Waals surface area contributed by atoms with Crippen molar-refractivity contribution >= 4 is 10.8 Å². The minimum Gasteiger partial charge on any atom is -0.256 e. The van der Waals surface area contributed by atoms with E-state index < -0.39 is 0 Å². The Balaban J connectivity index is 1.89. The SMILES string of the molecule is CC(C)(C)Cc1ccc2c(c1)-c1cccnc1-c1cccc3cccc-2c13. The molecular weight excluding hydrogens is 326 g/mol. The molecule has 1 aliphatic rings. The number of aromatic nitrogens is 1. The van der Waals surface area contributed by atoms with Crippen LogP contribution in [0.2, 0.25) is 0 Å². The summed E-state index contributed by atoms with van der Waals surface area (Å²) in [6.07, 6.45) is 2.97. The Labute approximate surface area is 160 Å². The number of benzene rings is 3. The van der Waals surface area contributed by atoms with E-state index in [1.54, 1.807) is 0 Å². The van der Waals surface area contributed by atoms with E-state index in [0.29, 0.717) is 0 Å². The maximum atomic E-state index is 4.81. The van der Waals surface area contributed by atoms with E-state index in [1.165, 1.54) is 44.2 Å². The Morgan fingerprint density at radius 3 is 2.22 bits per heavy atom. The van der Waals surface area contributed by atoms with E-state index >= 15 is 0 Å². The van der Waals surface area contributed by atoms with Gasteiger partial charge in [0.2, 0.25) is 0 Å². The van der Waals surface area contributed by atoms with Crippen LogP contribution in [0.15, 0.2) is 72.9 Å². The van der Waals surface area contributed by atoms with Crippen molar-refractivity contribution in [1.29, 1.82) is 0 Å². The fourth-order valence-corrected chi connectivity index (χ4v) is 4.37. The molecule has 1 aromatic heterocycles. The lowest BCUT2D eigenvalue weighted by atomic mass is 9.85. The van der Waals surface area contributed by atoms with Crippen molar-refractivity contribution in [3.63, 3.8) is 0 Å². The van der Waals surface area contributed by atoms with E-state index in [0.717, 1.165) is 12.1 Å². The van der Waals surface area contributed by atoms with Gasteiger partial charge in [0.1, 0.15) is 0 Å². The summed E-state index contributed by atoms with van der Waals surface area (Å²) in [6.45, 7) is 6.89. The second kappa shape index (κ2) is 5.79. The van der Waals surface area contributed by atoms with Gasteiger partial charge in [-0.25, -0.2) is 0 Å². The van der Waals surface area contributed by atoms with Crippen LogP contribution in [0.4, 0.5) is 0 Å². The summed E-state index contributed by atoms with van der Waals surface area (Å²) in [6, 6.07) is 24.4. The molecule has 4 aromatic rings. The van der Waals surface area contributed by atoms with Gasteiger partial charge in [-0.15, -0.1) is 0 Å². The second-order valence-electron chi connectivity index (χ2n) is 8.73. The first-order chi connectivity index (χ1) is 13.0. The highest BCUT2D eigenvalue weighted by molar-refractivity contribution is 6.12. The first-order valence-corrected chi connectivity index (χ1v) is 9.62. The predicted molar refractivity (Wildman–Crippen MR) is 115 cm³/mol. The van der Waals surface area contributed by atoms with Crippen molar-refractivity contribution in [2.24, 2.45) is 5.41 Å². The van der Waals surface area contributed by atoms with Gasteiger partial charge in [-0.1, -0.05) is 81.4 Å². The normalized spacial score (nSPS) is 12.4. The summed E-state index contributed by atoms with van der Waals surface area (Å²) < 4.78 is 0. The highest BCUT2D eigenvalue weighted by Gasteiger charge is 2.22. The molecule has 0 N–H and O–H groups in total. The van der Waals surface area contributed by atoms with E-state index in [2.05, 4.69) is 87.5 Å². The van der Waals surface area contributed by atoms with Gasteiger partial charge >= 0.3 is 0 Å². The molecule has 1 aliphatic carbocycles. The molecule has 5 rings (SSSR count). The highest BCUT2D eigenvalue weighted by Crippen LogP contribution is 2.46. The van der Waals surface area contributed by atoms with Crippen molar-refractivity contribution in [2.45, 2.75) is 27.2 Å². The van der Waals surface area contributed by atoms with Gasteiger partial charge in [-0.3, -0.25) is 4.98 Å². The number of hydrogen-bond acceptors (Lipinski definition) is 1. The standard InChI is InChI=1S/C26H23N/c1-26(2,3)16-17-12-13-19-20-9-4-7-18-8-5-10-22(24(18)20)25-21(23(19)15-17)11-6-14-27-25/h4-15H,16H2,1-3H3. The largest absolute Gasteiger partial charge is 0.256 e. The van der Waals surface area contributed by atoms with Crippen LogP contribution in [0.25, 0.3) is 44.3 Å². The lowest BCUT2D eigenvalue weighted by Gasteiger charge is -2.20. The number of fused-ring (bicyclic) bond motifs is 5. The fraction of sp³-hybridized carbons (Fsp3) is 0.192. The predicted octanol–water partition coefficient (Wildman–Crippen LogP) is 7.14. The molecule has 1 heterocycles. The Hall–Kier alpha value is -2.93. The van der Waals surface area contributed by atoms with Gasteiger partial charge in [0.05, 0.1) is 5.69 Å². The highest BCUT2D eigenvalue weighted by atomic mass is 14.7. The van der Waals surface area contributed by atoms with Crippen molar-refractivity contribution in [3.05, 3.63) is 78.5 Å². The maximum absolute atomic E-state index is 4.81. The molecule has 0 spiro atoms. The summed E-state index contributed by atoms with van der Waals surface area (Å²) in [7, 11) is 0. The molecule has 0 atom stereocenters. The minimum atomic E-state index is 0.264. The molecule has 0 saturated heterocycles. The second-order valence-corrected chi connectivity index (χ2v) is 8.73. The minimum absolute atomic E-state index is 0.264. The number of pyridine rings is 1. The summed E-state index contributed by atoms with van der Waals surface area (Å²) in [4.78, 5) is 4.81. The van der Waals surface area contributed by atoms with Crippen molar-refractivity contribution in [1.82, 2.24) is 4.98 Å². The van der Waals surface area contributed by atoms with Gasteiger partial charge in [-0.2, -0.15) is 0 Å². The van der Waals surface area contributed by atoms with Crippen molar-refractivity contribution in [3.8, 4) is 33.5 Å². The zero-order valence-electron chi connectivity index (χ0n) is 16.1. The van der Waals surface area contributed by atoms with Gasteiger partial charge in [0.15, 0.2) is 0 Å². The lowest BCUT2D eigenvalue weighted by molar-refractivity contribution is 0.411. The Morgan fingerprint density at radius 1 is 0.704 bits per heavy atom. The molecule has 0 radical (unpaired) electrons. The van der Waals surface area contributed by atoms with Crippen LogP contribution in [-0.2, 0) is 6.42 Å². The molecule has 132 valence electrons. The van der Waals surface area contributed by atoms with E-state index in [4.69, 9.17) is 4.98 Å². The molecule has 0 unspecified atom stereocenters. The maximum Gasteiger partial charge on any atom is 0.0786 e. The molecule has 0 amide bonds. The first kappa shape index (κ1) is 16.3. The Kier molecular flexibility index (Phi) is 3.48. The molecule has 1 heteroatoms. The smallest absolute Gasteiger partial charge is 0.0786 e. The van der Waals surface area contributed by atoms with Crippen LogP contribution in [0, 0.1) is 5.41 Å². The number of hydrogen-bond donors (Lipinski definition) is 0. The van der Waals surface area contributed by atoms with Crippen LogP contribution < -0.4 is 0 Å². The zero-order chi connectivity index (χ0) is 18.6. The molecule has 0 bridgehead atoms. The van der Waals surface area contributed by atoms with Gasteiger partial charge < -0.3 is 0 Å². The quantitative estimate of drug-likeness (QED) is 0.313. The summed E-state index contributed by atoms with van der Waals surface area (Å²) in [5.41, 5.74) is 9.09. The van der Waals surface area contributed by atoms with Crippen LogP contribution in [0.1, 0.15) is 26.3 Å². The lowest BCUT2D eigenvalue weighted by Crippen LogP contribution is -2.09. The molecular formula is C26H23N. The van der Waals surface area contributed by atoms with Crippen molar-refractivity contribution in [2.75, 3.05) is 0 Å². The molecule has 3 aromatic carbocycles. The average Bonchev–Trinajstić information content (AvgIpc) is 2.76. The summed E-state index contributed by atoms with van der Waals surface area (Å²) in [5, 5.41) is 2.58. The monoisotopic (exact) mass is 349 g/mol. The van der Waals surface area contributed by atoms with Gasteiger partial charge in [0, 0.05) is 17.3 Å². The van der Waals surface area contributed by atoms with Crippen LogP contribution >= 0.6 is 0 Å². The summed E-state index contributed by atoms with van der Waals surface area (Å²) >= 11 is 0. The van der Waals surface area contributed by atoms with Crippen LogP contribution in [-0.4, -0.2) is 4.98 Å². The summed E-state index contributed by atoms with van der Waals surface area (Å²) in [5.74, 6) is 0. The third kappa shape index (κ3) is 2.66. The number of rotatable bonds is 1. The van der Waals surface area contributed by atoms with E-state index in [-0.39, 0.29) is 5.41 Å². The van der Waals surface area contributed by atoms with E-state index in [1.807, 2.05) is 6.20 Å². The molecule has 0 saturated carbocycles. The third-order valence-corrected chi connectivity index (χ3v) is 5.37. The average molecular weight is 349 g/mol. The van der Waals surface area contributed by atoms with E-state index in [9.17, 15) is 0 Å². The first-order valence-electron chi connectivity index (χ1n) is 9.62. The third-order valence-electron chi connectivity index (χ3n) is 5.37. The molecule has 1 nitrogen and oxygen atoms in total. The Morgan fingerprint density at radius 2 is 1.44 bits per heavy atom. The fourth-order valence-electron chi connectivity index (χ4n) is 4.37. The van der Waals surface area contributed by atoms with Crippen molar-refractivity contribution < 1.29 is 0 Å². The van der Waals surface area contributed by atoms with Gasteiger partial charge in [-0.05, 0) is 50.9 Å². The van der Waals surface area contributed by atoms with Gasteiger partial charge in [0.25, 0.3) is 0 Å². The molecule has 27 heavy (non-hydrogen) atoms. The topological polar surface area (TPSA) is 12.9 Å². The number of nitrogens with zero attached hydrogens (tertiary/aromatic N) is 1.